The molecule has 20 heavy (non-hydrogen) atoms. The van der Waals surface area contributed by atoms with E-state index in [1.807, 2.05) is 12.1 Å². The molecule has 0 amide bonds. The van der Waals surface area contributed by atoms with Gasteiger partial charge in [0, 0.05) is 29.1 Å². The average Bonchev–Trinajstić information content (AvgIpc) is 3.12. The van der Waals surface area contributed by atoms with E-state index < -0.39 is 0 Å². The summed E-state index contributed by atoms with van der Waals surface area (Å²) < 4.78 is 5.58. The van der Waals surface area contributed by atoms with E-state index in [1.54, 1.807) is 7.11 Å². The highest BCUT2D eigenvalue weighted by molar-refractivity contribution is 6.30. The van der Waals surface area contributed by atoms with Crippen molar-refractivity contribution in [3.05, 3.63) is 28.8 Å². The van der Waals surface area contributed by atoms with Gasteiger partial charge < -0.3 is 10.1 Å². The minimum Gasteiger partial charge on any atom is -0.496 e. The Labute approximate surface area is 126 Å². The lowest BCUT2D eigenvalue weighted by Gasteiger charge is -2.26. The van der Waals surface area contributed by atoms with Gasteiger partial charge in [0.05, 0.1) is 7.11 Å². The lowest BCUT2D eigenvalue weighted by atomic mass is 9.84. The van der Waals surface area contributed by atoms with Crippen molar-refractivity contribution >= 4 is 11.6 Å². The van der Waals surface area contributed by atoms with E-state index in [2.05, 4.69) is 11.4 Å². The van der Waals surface area contributed by atoms with E-state index in [0.717, 1.165) is 29.3 Å². The molecule has 0 saturated heterocycles. The number of hydrogen-bond acceptors (Lipinski definition) is 2. The molecular formula is C17H24ClNO. The molecule has 0 spiro atoms. The van der Waals surface area contributed by atoms with Crippen LogP contribution in [0.3, 0.4) is 0 Å². The molecule has 3 rings (SSSR count). The normalized spacial score (nSPS) is 21.1. The minimum atomic E-state index is 0.534. The SMILES string of the molecule is COc1ccc(Cl)cc1C(CNC1CC1)C1CCCC1. The standard InChI is InChI=1S/C17H24ClNO/c1-20-17-9-6-13(18)10-15(17)16(11-19-14-7-8-14)12-4-2-3-5-12/h6,9-10,12,14,16,19H,2-5,7-8,11H2,1H3. The van der Waals surface area contributed by atoms with Gasteiger partial charge in [-0.2, -0.15) is 0 Å². The van der Waals surface area contributed by atoms with Crippen LogP contribution < -0.4 is 10.1 Å². The van der Waals surface area contributed by atoms with E-state index in [1.165, 1.54) is 44.1 Å². The van der Waals surface area contributed by atoms with Crippen molar-refractivity contribution in [2.24, 2.45) is 5.92 Å². The lowest BCUT2D eigenvalue weighted by Crippen LogP contribution is -2.27. The number of methoxy groups -OCH3 is 1. The van der Waals surface area contributed by atoms with Gasteiger partial charge in [0.25, 0.3) is 0 Å². The maximum Gasteiger partial charge on any atom is 0.122 e. The molecular weight excluding hydrogens is 270 g/mol. The summed E-state index contributed by atoms with van der Waals surface area (Å²) in [7, 11) is 1.76. The molecule has 1 N–H and O–H groups in total. The maximum absolute atomic E-state index is 6.22. The van der Waals surface area contributed by atoms with Gasteiger partial charge in [-0.1, -0.05) is 24.4 Å². The predicted molar refractivity (Wildman–Crippen MR) is 83.7 cm³/mol. The van der Waals surface area contributed by atoms with Crippen molar-refractivity contribution in [1.29, 1.82) is 0 Å². The van der Waals surface area contributed by atoms with E-state index >= 15 is 0 Å². The van der Waals surface area contributed by atoms with Gasteiger partial charge in [-0.25, -0.2) is 0 Å². The number of halogens is 1. The fourth-order valence-corrected chi connectivity index (χ4v) is 3.65. The van der Waals surface area contributed by atoms with Crippen LogP contribution >= 0.6 is 11.6 Å². The Hall–Kier alpha value is -0.730. The Balaban J connectivity index is 1.83. The van der Waals surface area contributed by atoms with Crippen molar-refractivity contribution in [3.63, 3.8) is 0 Å². The molecule has 2 fully saturated rings. The van der Waals surface area contributed by atoms with Gasteiger partial charge in [0.1, 0.15) is 5.75 Å². The van der Waals surface area contributed by atoms with Gasteiger partial charge in [-0.15, -0.1) is 0 Å². The summed E-state index contributed by atoms with van der Waals surface area (Å²) in [6.07, 6.45) is 8.09. The summed E-state index contributed by atoms with van der Waals surface area (Å²) in [5.74, 6) is 2.30. The van der Waals surface area contributed by atoms with Crippen LogP contribution in [0.15, 0.2) is 18.2 Å². The third-order valence-electron chi connectivity index (χ3n) is 4.76. The van der Waals surface area contributed by atoms with Crippen molar-refractivity contribution in [3.8, 4) is 5.75 Å². The van der Waals surface area contributed by atoms with Crippen LogP contribution in [0.5, 0.6) is 5.75 Å². The Morgan fingerprint density at radius 1 is 1.25 bits per heavy atom. The fourth-order valence-electron chi connectivity index (χ4n) is 3.47. The van der Waals surface area contributed by atoms with E-state index in [4.69, 9.17) is 16.3 Å². The van der Waals surface area contributed by atoms with Crippen molar-refractivity contribution in [2.45, 2.75) is 50.5 Å². The summed E-state index contributed by atoms with van der Waals surface area (Å²) >= 11 is 6.22. The Morgan fingerprint density at radius 2 is 2.00 bits per heavy atom. The van der Waals surface area contributed by atoms with Gasteiger partial charge in [-0.3, -0.25) is 0 Å². The predicted octanol–water partition coefficient (Wildman–Crippen LogP) is 4.37. The molecule has 2 aliphatic rings. The molecule has 1 atom stereocenters. The van der Waals surface area contributed by atoms with Crippen LogP contribution in [-0.2, 0) is 0 Å². The number of benzene rings is 1. The molecule has 3 heteroatoms. The smallest absolute Gasteiger partial charge is 0.122 e. The first-order valence-corrected chi connectivity index (χ1v) is 8.22. The van der Waals surface area contributed by atoms with E-state index in [-0.39, 0.29) is 0 Å². The van der Waals surface area contributed by atoms with Crippen molar-refractivity contribution in [1.82, 2.24) is 5.32 Å². The summed E-state index contributed by atoms with van der Waals surface area (Å²) in [6, 6.07) is 6.79. The minimum absolute atomic E-state index is 0.534. The topological polar surface area (TPSA) is 21.3 Å². The number of rotatable bonds is 6. The third kappa shape index (κ3) is 3.29. The van der Waals surface area contributed by atoms with Crippen LogP contribution in [0, 0.1) is 5.92 Å². The Kier molecular flexibility index (Phi) is 4.52. The molecule has 110 valence electrons. The second-order valence-electron chi connectivity index (χ2n) is 6.22. The quantitative estimate of drug-likeness (QED) is 0.841. The van der Waals surface area contributed by atoms with Crippen LogP contribution in [0.25, 0.3) is 0 Å². The largest absolute Gasteiger partial charge is 0.496 e. The molecule has 0 heterocycles. The molecule has 2 aliphatic carbocycles. The monoisotopic (exact) mass is 293 g/mol. The first-order chi connectivity index (χ1) is 9.78. The summed E-state index contributed by atoms with van der Waals surface area (Å²) in [5, 5.41) is 4.52. The molecule has 0 aliphatic heterocycles. The second kappa shape index (κ2) is 6.36. The highest BCUT2D eigenvalue weighted by Crippen LogP contribution is 2.41. The first-order valence-electron chi connectivity index (χ1n) is 7.84. The van der Waals surface area contributed by atoms with Crippen LogP contribution in [0.2, 0.25) is 5.02 Å². The molecule has 1 aromatic rings. The van der Waals surface area contributed by atoms with Gasteiger partial charge >= 0.3 is 0 Å². The van der Waals surface area contributed by atoms with Crippen LogP contribution in [0.1, 0.15) is 50.0 Å². The van der Waals surface area contributed by atoms with Crippen molar-refractivity contribution in [2.75, 3.05) is 13.7 Å². The van der Waals surface area contributed by atoms with Gasteiger partial charge in [0.2, 0.25) is 0 Å². The summed E-state index contributed by atoms with van der Waals surface area (Å²) in [5.41, 5.74) is 1.29. The maximum atomic E-state index is 6.22. The zero-order chi connectivity index (χ0) is 13.9. The summed E-state index contributed by atoms with van der Waals surface area (Å²) in [6.45, 7) is 1.06. The Bertz CT molecular complexity index is 452. The molecule has 0 radical (unpaired) electrons. The first kappa shape index (κ1) is 14.2. The van der Waals surface area contributed by atoms with E-state index in [9.17, 15) is 0 Å². The molecule has 0 bridgehead atoms. The second-order valence-corrected chi connectivity index (χ2v) is 6.66. The number of hydrogen-bond donors (Lipinski definition) is 1. The highest BCUT2D eigenvalue weighted by Gasteiger charge is 2.30. The number of nitrogens with one attached hydrogen (secondary N) is 1. The van der Waals surface area contributed by atoms with Crippen molar-refractivity contribution < 1.29 is 4.74 Å². The molecule has 0 aromatic heterocycles. The van der Waals surface area contributed by atoms with Gasteiger partial charge in [-0.05, 0) is 49.8 Å². The average molecular weight is 294 g/mol. The molecule has 2 saturated carbocycles. The third-order valence-corrected chi connectivity index (χ3v) is 5.00. The zero-order valence-corrected chi connectivity index (χ0v) is 13.0. The highest BCUT2D eigenvalue weighted by atomic mass is 35.5. The Morgan fingerprint density at radius 3 is 2.65 bits per heavy atom. The zero-order valence-electron chi connectivity index (χ0n) is 12.2. The fraction of sp³-hybridized carbons (Fsp3) is 0.647. The molecule has 1 unspecified atom stereocenters. The van der Waals surface area contributed by atoms with Crippen LogP contribution in [0.4, 0.5) is 0 Å². The molecule has 2 nitrogen and oxygen atoms in total. The lowest BCUT2D eigenvalue weighted by molar-refractivity contribution is 0.372. The summed E-state index contributed by atoms with van der Waals surface area (Å²) in [4.78, 5) is 0. The van der Waals surface area contributed by atoms with Gasteiger partial charge in [0.15, 0.2) is 0 Å². The van der Waals surface area contributed by atoms with Crippen LogP contribution in [-0.4, -0.2) is 19.7 Å². The number of ether oxygens (including phenoxy) is 1. The van der Waals surface area contributed by atoms with E-state index in [0.29, 0.717) is 5.92 Å². The molecule has 1 aromatic carbocycles.